The molecule has 1 atom stereocenters. The minimum Gasteiger partial charge on any atom is -0.314 e. The highest BCUT2D eigenvalue weighted by atomic mass is 14.6. The third kappa shape index (κ3) is 2.73. The lowest BCUT2D eigenvalue weighted by molar-refractivity contribution is 0.945. The van der Waals surface area contributed by atoms with Crippen molar-refractivity contribution in [3.8, 4) is 11.8 Å². The van der Waals surface area contributed by atoms with Gasteiger partial charge in [0, 0.05) is 5.56 Å². The Kier molecular flexibility index (Phi) is 3.38. The zero-order valence-corrected chi connectivity index (χ0v) is 8.93. The lowest BCUT2D eigenvalue weighted by Crippen LogP contribution is -2.06. The molecule has 0 unspecified atom stereocenters. The highest BCUT2D eigenvalue weighted by Gasteiger charge is 1.98. The highest BCUT2D eigenvalue weighted by Crippen LogP contribution is 2.08. The van der Waals surface area contributed by atoms with Crippen molar-refractivity contribution in [3.05, 3.63) is 71.8 Å². The molecular formula is C15H13N. The van der Waals surface area contributed by atoms with Gasteiger partial charge >= 0.3 is 0 Å². The Bertz CT molecular complexity index is 491. The van der Waals surface area contributed by atoms with Crippen molar-refractivity contribution in [2.75, 3.05) is 0 Å². The number of hydrogen-bond acceptors (Lipinski definition) is 1. The molecule has 0 fully saturated rings. The Hall–Kier alpha value is -2.04. The molecule has 78 valence electrons. The second-order valence-electron chi connectivity index (χ2n) is 3.52. The maximum Gasteiger partial charge on any atom is 0.0924 e. The molecule has 1 heteroatoms. The average molecular weight is 207 g/mol. The van der Waals surface area contributed by atoms with Crippen molar-refractivity contribution >= 4 is 0 Å². The van der Waals surface area contributed by atoms with E-state index in [0.717, 1.165) is 11.1 Å². The van der Waals surface area contributed by atoms with Gasteiger partial charge in [-0.25, -0.2) is 0 Å². The maximum atomic E-state index is 5.97. The smallest absolute Gasteiger partial charge is 0.0924 e. The first-order valence-corrected chi connectivity index (χ1v) is 5.23. The fourth-order valence-corrected chi connectivity index (χ4v) is 1.43. The Morgan fingerprint density at radius 1 is 0.812 bits per heavy atom. The van der Waals surface area contributed by atoms with Crippen molar-refractivity contribution in [2.45, 2.75) is 6.04 Å². The molecule has 0 bridgehead atoms. The van der Waals surface area contributed by atoms with E-state index in [1.807, 2.05) is 60.7 Å². The van der Waals surface area contributed by atoms with Crippen LogP contribution in [0.1, 0.15) is 17.2 Å². The summed E-state index contributed by atoms with van der Waals surface area (Å²) in [4.78, 5) is 0. The summed E-state index contributed by atoms with van der Waals surface area (Å²) in [6.07, 6.45) is 0. The molecule has 0 aliphatic heterocycles. The first kappa shape index (κ1) is 10.5. The van der Waals surface area contributed by atoms with Crippen molar-refractivity contribution in [1.82, 2.24) is 0 Å². The average Bonchev–Trinajstić information content (AvgIpc) is 2.38. The van der Waals surface area contributed by atoms with Gasteiger partial charge in [0.05, 0.1) is 6.04 Å². The third-order valence-corrected chi connectivity index (χ3v) is 2.30. The molecule has 2 aromatic carbocycles. The molecule has 2 rings (SSSR count). The van der Waals surface area contributed by atoms with Gasteiger partial charge in [0.25, 0.3) is 0 Å². The van der Waals surface area contributed by atoms with E-state index in [4.69, 9.17) is 5.73 Å². The van der Waals surface area contributed by atoms with Crippen molar-refractivity contribution in [2.24, 2.45) is 5.73 Å². The van der Waals surface area contributed by atoms with Crippen LogP contribution in [0.15, 0.2) is 60.7 Å². The van der Waals surface area contributed by atoms with Crippen LogP contribution < -0.4 is 5.73 Å². The normalized spacial score (nSPS) is 11.3. The van der Waals surface area contributed by atoms with Crippen LogP contribution in [0.2, 0.25) is 0 Å². The van der Waals surface area contributed by atoms with Crippen LogP contribution in [-0.4, -0.2) is 0 Å². The number of benzene rings is 2. The highest BCUT2D eigenvalue weighted by molar-refractivity contribution is 5.37. The second kappa shape index (κ2) is 5.16. The predicted molar refractivity (Wildman–Crippen MR) is 66.7 cm³/mol. The van der Waals surface area contributed by atoms with Gasteiger partial charge in [-0.15, -0.1) is 0 Å². The molecule has 0 aliphatic carbocycles. The monoisotopic (exact) mass is 207 g/mol. The van der Waals surface area contributed by atoms with Gasteiger partial charge in [-0.1, -0.05) is 60.4 Å². The first-order valence-electron chi connectivity index (χ1n) is 5.23. The predicted octanol–water partition coefficient (Wildman–Crippen LogP) is 2.74. The Morgan fingerprint density at radius 3 is 2.00 bits per heavy atom. The molecule has 0 saturated carbocycles. The van der Waals surface area contributed by atoms with E-state index in [2.05, 4.69) is 11.8 Å². The van der Waals surface area contributed by atoms with Crippen LogP contribution in [0.5, 0.6) is 0 Å². The Labute approximate surface area is 95.9 Å². The SMILES string of the molecule is N[C@H](C#Cc1ccccc1)c1ccccc1. The van der Waals surface area contributed by atoms with Gasteiger partial charge in [-0.05, 0) is 17.7 Å². The fraction of sp³-hybridized carbons (Fsp3) is 0.0667. The molecule has 1 nitrogen and oxygen atoms in total. The van der Waals surface area contributed by atoms with E-state index in [-0.39, 0.29) is 6.04 Å². The van der Waals surface area contributed by atoms with Crippen molar-refractivity contribution in [1.29, 1.82) is 0 Å². The summed E-state index contributed by atoms with van der Waals surface area (Å²) >= 11 is 0. The van der Waals surface area contributed by atoms with Crippen LogP contribution in [0.3, 0.4) is 0 Å². The standard InChI is InChI=1S/C15H13N/c16-15(14-9-5-2-6-10-14)12-11-13-7-3-1-4-8-13/h1-10,15H,16H2/t15-/m1/s1. The van der Waals surface area contributed by atoms with E-state index in [1.54, 1.807) is 0 Å². The van der Waals surface area contributed by atoms with E-state index >= 15 is 0 Å². The number of rotatable bonds is 1. The summed E-state index contributed by atoms with van der Waals surface area (Å²) in [7, 11) is 0. The van der Waals surface area contributed by atoms with E-state index in [9.17, 15) is 0 Å². The zero-order chi connectivity index (χ0) is 11.2. The molecule has 0 aromatic heterocycles. The molecule has 0 radical (unpaired) electrons. The van der Waals surface area contributed by atoms with E-state index < -0.39 is 0 Å². The number of nitrogens with two attached hydrogens (primary N) is 1. The van der Waals surface area contributed by atoms with E-state index in [1.165, 1.54) is 0 Å². The van der Waals surface area contributed by atoms with Crippen molar-refractivity contribution < 1.29 is 0 Å². The molecule has 0 spiro atoms. The summed E-state index contributed by atoms with van der Waals surface area (Å²) in [5.41, 5.74) is 8.01. The second-order valence-corrected chi connectivity index (χ2v) is 3.52. The molecule has 0 saturated heterocycles. The van der Waals surface area contributed by atoms with Gasteiger partial charge in [0.15, 0.2) is 0 Å². The molecular weight excluding hydrogens is 194 g/mol. The molecule has 0 heterocycles. The molecule has 2 N–H and O–H groups in total. The quantitative estimate of drug-likeness (QED) is 0.715. The van der Waals surface area contributed by atoms with Crippen LogP contribution >= 0.6 is 0 Å². The number of hydrogen-bond donors (Lipinski definition) is 1. The minimum atomic E-state index is -0.221. The Balaban J connectivity index is 2.15. The summed E-state index contributed by atoms with van der Waals surface area (Å²) < 4.78 is 0. The van der Waals surface area contributed by atoms with Crippen LogP contribution in [0, 0.1) is 11.8 Å². The molecule has 0 amide bonds. The molecule has 16 heavy (non-hydrogen) atoms. The summed E-state index contributed by atoms with van der Waals surface area (Å²) in [6.45, 7) is 0. The third-order valence-electron chi connectivity index (χ3n) is 2.30. The largest absolute Gasteiger partial charge is 0.314 e. The van der Waals surface area contributed by atoms with Gasteiger partial charge in [-0.3, -0.25) is 0 Å². The Morgan fingerprint density at radius 2 is 1.38 bits per heavy atom. The first-order chi connectivity index (χ1) is 7.86. The van der Waals surface area contributed by atoms with Gasteiger partial charge in [0.2, 0.25) is 0 Å². The van der Waals surface area contributed by atoms with E-state index in [0.29, 0.717) is 0 Å². The summed E-state index contributed by atoms with van der Waals surface area (Å²) in [6, 6.07) is 19.5. The van der Waals surface area contributed by atoms with Crippen LogP contribution in [0.25, 0.3) is 0 Å². The molecule has 2 aromatic rings. The van der Waals surface area contributed by atoms with Crippen LogP contribution in [-0.2, 0) is 0 Å². The lowest BCUT2D eigenvalue weighted by atomic mass is 10.1. The summed E-state index contributed by atoms with van der Waals surface area (Å²) in [5.74, 6) is 6.11. The van der Waals surface area contributed by atoms with Crippen LogP contribution in [0.4, 0.5) is 0 Å². The topological polar surface area (TPSA) is 26.0 Å². The molecule has 0 aliphatic rings. The van der Waals surface area contributed by atoms with Crippen molar-refractivity contribution in [3.63, 3.8) is 0 Å². The van der Waals surface area contributed by atoms with Gasteiger partial charge < -0.3 is 5.73 Å². The summed E-state index contributed by atoms with van der Waals surface area (Å²) in [5, 5.41) is 0. The van der Waals surface area contributed by atoms with Gasteiger partial charge in [0.1, 0.15) is 0 Å². The maximum absolute atomic E-state index is 5.97. The zero-order valence-electron chi connectivity index (χ0n) is 8.93. The van der Waals surface area contributed by atoms with Gasteiger partial charge in [-0.2, -0.15) is 0 Å². The fourth-order valence-electron chi connectivity index (χ4n) is 1.43. The minimum absolute atomic E-state index is 0.221. The lowest BCUT2D eigenvalue weighted by Gasteiger charge is -2.02.